The highest BCUT2D eigenvalue weighted by Gasteiger charge is 2.46. The molecule has 0 amide bonds. The third-order valence-corrected chi connectivity index (χ3v) is 8.12. The quantitative estimate of drug-likeness (QED) is 0.751. The Kier molecular flexibility index (Phi) is 4.29. The van der Waals surface area contributed by atoms with Crippen LogP contribution in [0.3, 0.4) is 0 Å². The van der Waals surface area contributed by atoms with Crippen molar-refractivity contribution in [2.75, 3.05) is 26.2 Å². The van der Waals surface area contributed by atoms with Crippen LogP contribution >= 0.6 is 0 Å². The maximum absolute atomic E-state index is 2.82. The first-order chi connectivity index (χ1) is 11.0. The average molecular weight is 319 g/mol. The SMILES string of the molecule is CC(C)N1CCC2(CCC(CC(C)N3CCC4(CC3)CC4)C2)C1. The molecule has 2 heterocycles. The summed E-state index contributed by atoms with van der Waals surface area (Å²) in [4.78, 5) is 5.55. The molecular weight excluding hydrogens is 280 g/mol. The molecule has 23 heavy (non-hydrogen) atoms. The van der Waals surface area contributed by atoms with Gasteiger partial charge in [0, 0.05) is 18.6 Å². The summed E-state index contributed by atoms with van der Waals surface area (Å²) in [5.74, 6) is 1.01. The van der Waals surface area contributed by atoms with Gasteiger partial charge in [-0.15, -0.1) is 0 Å². The van der Waals surface area contributed by atoms with Crippen molar-refractivity contribution in [3.05, 3.63) is 0 Å². The van der Waals surface area contributed by atoms with Crippen LogP contribution in [0.2, 0.25) is 0 Å². The lowest BCUT2D eigenvalue weighted by atomic mass is 9.83. The van der Waals surface area contributed by atoms with Crippen LogP contribution in [0, 0.1) is 16.7 Å². The molecule has 2 nitrogen and oxygen atoms in total. The minimum atomic E-state index is 0.703. The molecule has 0 aromatic heterocycles. The number of likely N-dealkylation sites (tertiary alicyclic amines) is 2. The van der Waals surface area contributed by atoms with Crippen molar-refractivity contribution < 1.29 is 0 Å². The van der Waals surface area contributed by atoms with E-state index in [1.165, 1.54) is 84.0 Å². The largest absolute Gasteiger partial charge is 0.301 e. The molecule has 132 valence electrons. The number of nitrogens with zero attached hydrogens (tertiary/aromatic N) is 2. The van der Waals surface area contributed by atoms with Gasteiger partial charge in [-0.05, 0) is 115 Å². The molecule has 2 aliphatic carbocycles. The van der Waals surface area contributed by atoms with Crippen molar-refractivity contribution in [1.82, 2.24) is 9.80 Å². The van der Waals surface area contributed by atoms with E-state index in [0.717, 1.165) is 23.4 Å². The van der Waals surface area contributed by atoms with Crippen LogP contribution < -0.4 is 0 Å². The zero-order chi connectivity index (χ0) is 16.1. The van der Waals surface area contributed by atoms with E-state index in [4.69, 9.17) is 0 Å². The Balaban J connectivity index is 1.26. The van der Waals surface area contributed by atoms with Crippen LogP contribution in [-0.4, -0.2) is 48.1 Å². The maximum Gasteiger partial charge on any atom is 0.00695 e. The molecule has 4 rings (SSSR count). The molecule has 0 N–H and O–H groups in total. The summed E-state index contributed by atoms with van der Waals surface area (Å²) >= 11 is 0. The fourth-order valence-corrected chi connectivity index (χ4v) is 6.06. The highest BCUT2D eigenvalue weighted by atomic mass is 15.2. The highest BCUT2D eigenvalue weighted by Crippen LogP contribution is 2.54. The van der Waals surface area contributed by atoms with Gasteiger partial charge in [0.25, 0.3) is 0 Å². The van der Waals surface area contributed by atoms with Gasteiger partial charge in [0.1, 0.15) is 0 Å². The summed E-state index contributed by atoms with van der Waals surface area (Å²) in [6, 6.07) is 1.57. The lowest BCUT2D eigenvalue weighted by Crippen LogP contribution is -2.41. The standard InChI is InChI=1S/C21H38N2/c1-17(2)23-13-10-21(16-23)5-4-19(15-21)14-18(3)22-11-8-20(6-7-20)9-12-22/h17-19H,4-16H2,1-3H3. The van der Waals surface area contributed by atoms with Crippen molar-refractivity contribution in [2.24, 2.45) is 16.7 Å². The third kappa shape index (κ3) is 3.35. The second kappa shape index (κ2) is 6.02. The van der Waals surface area contributed by atoms with Crippen molar-refractivity contribution in [2.45, 2.75) is 90.6 Å². The Hall–Kier alpha value is -0.0800. The second-order valence-corrected chi connectivity index (χ2v) is 10.0. The van der Waals surface area contributed by atoms with Crippen molar-refractivity contribution >= 4 is 0 Å². The predicted molar refractivity (Wildman–Crippen MR) is 97.7 cm³/mol. The lowest BCUT2D eigenvalue weighted by Gasteiger charge is -2.37. The molecule has 0 aromatic rings. The second-order valence-electron chi connectivity index (χ2n) is 10.0. The van der Waals surface area contributed by atoms with Crippen molar-refractivity contribution in [1.29, 1.82) is 0 Å². The van der Waals surface area contributed by atoms with Gasteiger partial charge in [-0.3, -0.25) is 0 Å². The van der Waals surface area contributed by atoms with Gasteiger partial charge in [0.2, 0.25) is 0 Å². The molecule has 0 radical (unpaired) electrons. The summed E-state index contributed by atoms with van der Waals surface area (Å²) in [5, 5.41) is 0. The Morgan fingerprint density at radius 3 is 2.09 bits per heavy atom. The summed E-state index contributed by atoms with van der Waals surface area (Å²) < 4.78 is 0. The van der Waals surface area contributed by atoms with E-state index in [9.17, 15) is 0 Å². The van der Waals surface area contributed by atoms with E-state index in [2.05, 4.69) is 30.6 Å². The van der Waals surface area contributed by atoms with Gasteiger partial charge >= 0.3 is 0 Å². The van der Waals surface area contributed by atoms with Crippen LogP contribution in [0.1, 0.15) is 78.6 Å². The van der Waals surface area contributed by atoms with Crippen molar-refractivity contribution in [3.63, 3.8) is 0 Å². The third-order valence-electron chi connectivity index (χ3n) is 8.12. The molecule has 2 spiro atoms. The minimum Gasteiger partial charge on any atom is -0.301 e. The Morgan fingerprint density at radius 2 is 1.48 bits per heavy atom. The van der Waals surface area contributed by atoms with E-state index in [0.29, 0.717) is 5.41 Å². The van der Waals surface area contributed by atoms with E-state index >= 15 is 0 Å². The first-order valence-electron chi connectivity index (χ1n) is 10.5. The summed E-state index contributed by atoms with van der Waals surface area (Å²) in [5.41, 5.74) is 1.53. The molecule has 2 saturated carbocycles. The fraction of sp³-hybridized carbons (Fsp3) is 1.00. The van der Waals surface area contributed by atoms with E-state index in [1.807, 2.05) is 0 Å². The first kappa shape index (κ1) is 16.4. The summed E-state index contributed by atoms with van der Waals surface area (Å²) in [6.07, 6.45) is 13.5. The number of hydrogen-bond acceptors (Lipinski definition) is 2. The van der Waals surface area contributed by atoms with Gasteiger partial charge in [0.15, 0.2) is 0 Å². The number of piperidine rings is 1. The van der Waals surface area contributed by atoms with Crippen LogP contribution in [-0.2, 0) is 0 Å². The monoisotopic (exact) mass is 318 g/mol. The zero-order valence-electron chi connectivity index (χ0n) is 15.8. The lowest BCUT2D eigenvalue weighted by molar-refractivity contribution is 0.114. The smallest absolute Gasteiger partial charge is 0.00695 e. The molecule has 2 saturated heterocycles. The van der Waals surface area contributed by atoms with Gasteiger partial charge in [-0.2, -0.15) is 0 Å². The van der Waals surface area contributed by atoms with Crippen LogP contribution in [0.25, 0.3) is 0 Å². The van der Waals surface area contributed by atoms with E-state index in [1.54, 1.807) is 0 Å². The Bertz CT molecular complexity index is 418. The molecule has 2 heteroatoms. The Labute approximate surface area is 144 Å². The molecular formula is C21H38N2. The van der Waals surface area contributed by atoms with E-state index < -0.39 is 0 Å². The Morgan fingerprint density at radius 1 is 0.826 bits per heavy atom. The molecule has 3 unspecified atom stereocenters. The maximum atomic E-state index is 2.82. The predicted octanol–water partition coefficient (Wildman–Crippen LogP) is 4.54. The average Bonchev–Trinajstić information content (AvgIpc) is 2.98. The molecule has 0 aromatic carbocycles. The zero-order valence-corrected chi connectivity index (χ0v) is 15.8. The number of rotatable bonds is 4. The molecule has 4 aliphatic rings. The molecule has 2 aliphatic heterocycles. The molecule has 3 atom stereocenters. The normalized spacial score (nSPS) is 38.9. The minimum absolute atomic E-state index is 0.703. The topological polar surface area (TPSA) is 6.48 Å². The van der Waals surface area contributed by atoms with Gasteiger partial charge in [-0.1, -0.05) is 0 Å². The van der Waals surface area contributed by atoms with Gasteiger partial charge in [-0.25, -0.2) is 0 Å². The van der Waals surface area contributed by atoms with Gasteiger partial charge in [0.05, 0.1) is 0 Å². The van der Waals surface area contributed by atoms with Crippen LogP contribution in [0.15, 0.2) is 0 Å². The first-order valence-corrected chi connectivity index (χ1v) is 10.5. The molecule has 0 bridgehead atoms. The van der Waals surface area contributed by atoms with Crippen LogP contribution in [0.4, 0.5) is 0 Å². The van der Waals surface area contributed by atoms with Crippen LogP contribution in [0.5, 0.6) is 0 Å². The highest BCUT2D eigenvalue weighted by molar-refractivity contribution is 4.99. The molecule has 4 fully saturated rings. The summed E-state index contributed by atoms with van der Waals surface area (Å²) in [7, 11) is 0. The summed E-state index contributed by atoms with van der Waals surface area (Å²) in [6.45, 7) is 12.8. The van der Waals surface area contributed by atoms with Crippen molar-refractivity contribution in [3.8, 4) is 0 Å². The fourth-order valence-electron chi connectivity index (χ4n) is 6.06. The number of hydrogen-bond donors (Lipinski definition) is 0. The van der Waals surface area contributed by atoms with Gasteiger partial charge < -0.3 is 9.80 Å². The van der Waals surface area contributed by atoms with E-state index in [-0.39, 0.29) is 0 Å².